The first kappa shape index (κ1) is 14.3. The molecule has 0 aliphatic carbocycles. The van der Waals surface area contributed by atoms with Crippen molar-refractivity contribution >= 4 is 5.69 Å². The third-order valence-electron chi connectivity index (χ3n) is 2.91. The van der Waals surface area contributed by atoms with Crippen LogP contribution in [0.4, 0.5) is 5.69 Å². The van der Waals surface area contributed by atoms with E-state index < -0.39 is 0 Å². The molecule has 0 radical (unpaired) electrons. The van der Waals surface area contributed by atoms with E-state index in [0.717, 1.165) is 29.3 Å². The lowest BCUT2D eigenvalue weighted by molar-refractivity contribution is 0.240. The molecule has 0 fully saturated rings. The van der Waals surface area contributed by atoms with Crippen molar-refractivity contribution in [2.45, 2.75) is 26.5 Å². The number of rotatable bonds is 6. The quantitative estimate of drug-likeness (QED) is 0.858. The molecule has 0 aliphatic rings. The van der Waals surface area contributed by atoms with Crippen LogP contribution in [0.15, 0.2) is 48.5 Å². The summed E-state index contributed by atoms with van der Waals surface area (Å²) in [6, 6.07) is 16.0. The van der Waals surface area contributed by atoms with Crippen molar-refractivity contribution in [3.8, 4) is 11.5 Å². The summed E-state index contributed by atoms with van der Waals surface area (Å²) in [6.45, 7) is 4.80. The van der Waals surface area contributed by atoms with Crippen molar-refractivity contribution in [2.75, 3.05) is 12.4 Å². The second-order valence-corrected chi connectivity index (χ2v) is 4.86. The zero-order valence-corrected chi connectivity index (χ0v) is 12.2. The molecule has 20 heavy (non-hydrogen) atoms. The molecule has 0 saturated carbocycles. The molecule has 2 rings (SSSR count). The van der Waals surface area contributed by atoms with Gasteiger partial charge >= 0.3 is 0 Å². The number of ether oxygens (including phenoxy) is 2. The number of nitrogens with one attached hydrogen (secondary N) is 1. The first-order valence-electron chi connectivity index (χ1n) is 6.81. The Balaban J connectivity index is 2.02. The van der Waals surface area contributed by atoms with Gasteiger partial charge in [-0.1, -0.05) is 18.2 Å². The Bertz CT molecular complexity index is 535. The summed E-state index contributed by atoms with van der Waals surface area (Å²) in [6.07, 6.45) is 0.178. The van der Waals surface area contributed by atoms with Gasteiger partial charge in [0.15, 0.2) is 0 Å². The zero-order valence-electron chi connectivity index (χ0n) is 12.2. The Hall–Kier alpha value is -2.16. The van der Waals surface area contributed by atoms with Gasteiger partial charge in [0.1, 0.15) is 11.5 Å². The highest BCUT2D eigenvalue weighted by atomic mass is 16.5. The van der Waals surface area contributed by atoms with Gasteiger partial charge in [-0.25, -0.2) is 0 Å². The predicted molar refractivity (Wildman–Crippen MR) is 82.5 cm³/mol. The molecule has 0 bridgehead atoms. The van der Waals surface area contributed by atoms with Crippen molar-refractivity contribution < 1.29 is 9.47 Å². The van der Waals surface area contributed by atoms with Crippen molar-refractivity contribution in [1.82, 2.24) is 0 Å². The molecule has 106 valence electrons. The minimum absolute atomic E-state index is 0.178. The van der Waals surface area contributed by atoms with Gasteiger partial charge < -0.3 is 14.8 Å². The lowest BCUT2D eigenvalue weighted by Gasteiger charge is -2.15. The summed E-state index contributed by atoms with van der Waals surface area (Å²) in [5, 5.41) is 3.39. The molecule has 0 heterocycles. The molecule has 0 unspecified atom stereocenters. The average molecular weight is 271 g/mol. The highest BCUT2D eigenvalue weighted by Gasteiger charge is 2.04. The third-order valence-corrected chi connectivity index (χ3v) is 2.91. The van der Waals surface area contributed by atoms with Crippen LogP contribution in [0, 0.1) is 0 Å². The fourth-order valence-corrected chi connectivity index (χ4v) is 1.92. The molecule has 1 N–H and O–H groups in total. The van der Waals surface area contributed by atoms with Crippen LogP contribution < -0.4 is 14.8 Å². The minimum atomic E-state index is 0.178. The van der Waals surface area contributed by atoms with Crippen LogP contribution in [0.1, 0.15) is 19.4 Å². The van der Waals surface area contributed by atoms with Crippen LogP contribution in [0.25, 0.3) is 0 Å². The smallest absolute Gasteiger partial charge is 0.124 e. The number of methoxy groups -OCH3 is 1. The predicted octanol–water partition coefficient (Wildman–Crippen LogP) is 4.09. The fourth-order valence-electron chi connectivity index (χ4n) is 1.92. The van der Waals surface area contributed by atoms with E-state index in [1.165, 1.54) is 0 Å². The lowest BCUT2D eigenvalue weighted by atomic mass is 10.2. The maximum absolute atomic E-state index is 5.81. The van der Waals surface area contributed by atoms with E-state index in [0.29, 0.717) is 0 Å². The Kier molecular flexibility index (Phi) is 4.88. The monoisotopic (exact) mass is 271 g/mol. The van der Waals surface area contributed by atoms with Gasteiger partial charge in [-0.2, -0.15) is 0 Å². The maximum atomic E-state index is 5.81. The fraction of sp³-hybridized carbons (Fsp3) is 0.294. The molecule has 2 aromatic carbocycles. The van der Waals surface area contributed by atoms with E-state index in [-0.39, 0.29) is 6.10 Å². The number of benzene rings is 2. The molecule has 3 nitrogen and oxygen atoms in total. The van der Waals surface area contributed by atoms with Gasteiger partial charge in [0.2, 0.25) is 0 Å². The number of hydrogen-bond donors (Lipinski definition) is 1. The lowest BCUT2D eigenvalue weighted by Crippen LogP contribution is -2.09. The summed E-state index contributed by atoms with van der Waals surface area (Å²) < 4.78 is 11.0. The highest BCUT2D eigenvalue weighted by Crippen LogP contribution is 2.21. The Morgan fingerprint density at radius 2 is 1.70 bits per heavy atom. The zero-order chi connectivity index (χ0) is 14.4. The van der Waals surface area contributed by atoms with Gasteiger partial charge in [-0.05, 0) is 44.2 Å². The molecule has 0 amide bonds. The van der Waals surface area contributed by atoms with E-state index in [2.05, 4.69) is 11.4 Å². The van der Waals surface area contributed by atoms with E-state index >= 15 is 0 Å². The van der Waals surface area contributed by atoms with Gasteiger partial charge in [-0.3, -0.25) is 0 Å². The van der Waals surface area contributed by atoms with E-state index in [1.54, 1.807) is 7.11 Å². The second kappa shape index (κ2) is 6.85. The third kappa shape index (κ3) is 3.92. The largest absolute Gasteiger partial charge is 0.497 e. The molecule has 0 spiro atoms. The first-order chi connectivity index (χ1) is 9.69. The Morgan fingerprint density at radius 1 is 1.00 bits per heavy atom. The summed E-state index contributed by atoms with van der Waals surface area (Å²) >= 11 is 0. The van der Waals surface area contributed by atoms with Crippen molar-refractivity contribution in [2.24, 2.45) is 0 Å². The average Bonchev–Trinajstić information content (AvgIpc) is 2.46. The molecule has 2 aromatic rings. The number of hydrogen-bond acceptors (Lipinski definition) is 3. The van der Waals surface area contributed by atoms with Gasteiger partial charge in [-0.15, -0.1) is 0 Å². The van der Waals surface area contributed by atoms with Gasteiger partial charge in [0, 0.05) is 17.8 Å². The Morgan fingerprint density at radius 3 is 2.35 bits per heavy atom. The van der Waals surface area contributed by atoms with Crippen LogP contribution in [-0.4, -0.2) is 13.2 Å². The van der Waals surface area contributed by atoms with Gasteiger partial charge in [0.25, 0.3) is 0 Å². The Labute approximate surface area is 120 Å². The van der Waals surface area contributed by atoms with Crippen LogP contribution in [0.2, 0.25) is 0 Å². The van der Waals surface area contributed by atoms with Crippen LogP contribution in [0.5, 0.6) is 11.5 Å². The van der Waals surface area contributed by atoms with Crippen LogP contribution >= 0.6 is 0 Å². The summed E-state index contributed by atoms with van der Waals surface area (Å²) in [5.74, 6) is 1.79. The molecular weight excluding hydrogens is 250 g/mol. The maximum Gasteiger partial charge on any atom is 0.124 e. The summed E-state index contributed by atoms with van der Waals surface area (Å²) in [5.41, 5.74) is 2.21. The standard InChI is InChI=1S/C17H21NO2/c1-13(2)20-17-7-5-4-6-14(17)12-18-15-8-10-16(19-3)11-9-15/h4-11,13,18H,12H2,1-3H3. The summed E-state index contributed by atoms with van der Waals surface area (Å²) in [7, 11) is 1.67. The first-order valence-corrected chi connectivity index (χ1v) is 6.81. The molecule has 0 saturated heterocycles. The molecule has 0 atom stereocenters. The van der Waals surface area contributed by atoms with Crippen LogP contribution in [0.3, 0.4) is 0 Å². The van der Waals surface area contributed by atoms with Crippen molar-refractivity contribution in [3.63, 3.8) is 0 Å². The topological polar surface area (TPSA) is 30.5 Å². The molecular formula is C17H21NO2. The van der Waals surface area contributed by atoms with Crippen LogP contribution in [-0.2, 0) is 6.54 Å². The van der Waals surface area contributed by atoms with E-state index in [4.69, 9.17) is 9.47 Å². The normalized spacial score (nSPS) is 10.4. The molecule has 0 aromatic heterocycles. The molecule has 3 heteroatoms. The number of anilines is 1. The second-order valence-electron chi connectivity index (χ2n) is 4.86. The van der Waals surface area contributed by atoms with Crippen molar-refractivity contribution in [3.05, 3.63) is 54.1 Å². The van der Waals surface area contributed by atoms with Gasteiger partial charge in [0.05, 0.1) is 13.2 Å². The SMILES string of the molecule is COc1ccc(NCc2ccccc2OC(C)C)cc1. The van der Waals surface area contributed by atoms with Crippen molar-refractivity contribution in [1.29, 1.82) is 0 Å². The summed E-state index contributed by atoms with van der Waals surface area (Å²) in [4.78, 5) is 0. The molecule has 0 aliphatic heterocycles. The minimum Gasteiger partial charge on any atom is -0.497 e. The van der Waals surface area contributed by atoms with E-state index in [1.807, 2.05) is 56.3 Å². The number of para-hydroxylation sites is 1. The highest BCUT2D eigenvalue weighted by molar-refractivity contribution is 5.47. The van der Waals surface area contributed by atoms with E-state index in [9.17, 15) is 0 Å².